The largest absolute Gasteiger partial charge is 0.472 e. The van der Waals surface area contributed by atoms with Gasteiger partial charge in [-0.15, -0.1) is 0 Å². The lowest BCUT2D eigenvalue weighted by atomic mass is 9.99. The second kappa shape index (κ2) is 66.3. The molecule has 6 atom stereocenters. The summed E-state index contributed by atoms with van der Waals surface area (Å²) in [6.45, 7) is 14.1. The van der Waals surface area contributed by atoms with Crippen LogP contribution in [0.4, 0.5) is 0 Å². The first-order valence-corrected chi connectivity index (χ1v) is 42.7. The van der Waals surface area contributed by atoms with Gasteiger partial charge in [0.25, 0.3) is 0 Å². The lowest BCUT2D eigenvalue weighted by molar-refractivity contribution is -0.161. The van der Waals surface area contributed by atoms with E-state index in [1.807, 2.05) is 0 Å². The average molecular weight is 1410 g/mol. The molecule has 0 rings (SSSR count). The van der Waals surface area contributed by atoms with Crippen molar-refractivity contribution in [2.24, 2.45) is 23.7 Å². The van der Waals surface area contributed by atoms with Crippen LogP contribution in [0.1, 0.15) is 389 Å². The molecular formula is C77H150O17P2. The first-order chi connectivity index (χ1) is 46.1. The molecular weight excluding hydrogens is 1260 g/mol. The van der Waals surface area contributed by atoms with Gasteiger partial charge in [-0.3, -0.25) is 37.3 Å². The van der Waals surface area contributed by atoms with Gasteiger partial charge >= 0.3 is 39.5 Å². The zero-order chi connectivity index (χ0) is 71.0. The molecule has 0 saturated heterocycles. The highest BCUT2D eigenvalue weighted by Crippen LogP contribution is 2.45. The first-order valence-electron chi connectivity index (χ1n) is 39.7. The van der Waals surface area contributed by atoms with Crippen molar-refractivity contribution in [2.75, 3.05) is 39.6 Å². The molecule has 0 radical (unpaired) electrons. The molecule has 570 valence electrons. The summed E-state index contributed by atoms with van der Waals surface area (Å²) >= 11 is 0. The minimum atomic E-state index is -4.96. The minimum absolute atomic E-state index is 0.101. The Labute approximate surface area is 588 Å². The predicted octanol–water partition coefficient (Wildman–Crippen LogP) is 22.4. The molecule has 4 unspecified atom stereocenters. The quantitative estimate of drug-likeness (QED) is 0.0222. The zero-order valence-electron chi connectivity index (χ0n) is 63.0. The molecule has 0 aliphatic carbocycles. The summed E-state index contributed by atoms with van der Waals surface area (Å²) in [5.74, 6) is 0.912. The Morgan fingerprint density at radius 3 is 0.740 bits per heavy atom. The number of phosphoric ester groups is 2. The van der Waals surface area contributed by atoms with Crippen LogP contribution in [-0.2, 0) is 65.4 Å². The van der Waals surface area contributed by atoms with Crippen molar-refractivity contribution in [3.05, 3.63) is 0 Å². The van der Waals surface area contributed by atoms with E-state index in [1.165, 1.54) is 193 Å². The Kier molecular flexibility index (Phi) is 65.0. The van der Waals surface area contributed by atoms with Gasteiger partial charge in [0.15, 0.2) is 12.2 Å². The van der Waals surface area contributed by atoms with E-state index in [1.54, 1.807) is 0 Å². The highest BCUT2D eigenvalue weighted by molar-refractivity contribution is 7.47. The summed E-state index contributed by atoms with van der Waals surface area (Å²) in [5, 5.41) is 10.6. The van der Waals surface area contributed by atoms with Crippen LogP contribution < -0.4 is 0 Å². The molecule has 0 aliphatic rings. The number of ether oxygens (including phenoxy) is 4. The third-order valence-corrected chi connectivity index (χ3v) is 20.1. The lowest BCUT2D eigenvalue weighted by Gasteiger charge is -2.21. The van der Waals surface area contributed by atoms with Crippen molar-refractivity contribution in [1.82, 2.24) is 0 Å². The molecule has 96 heavy (non-hydrogen) atoms. The Hall–Kier alpha value is -1.94. The monoisotopic (exact) mass is 1410 g/mol. The summed E-state index contributed by atoms with van der Waals surface area (Å²) < 4.78 is 68.5. The number of hydrogen-bond acceptors (Lipinski definition) is 15. The normalized spacial score (nSPS) is 14.4. The SMILES string of the molecule is CCC(C)CCCCCCCCCCCCCCCCCCCCC(=O)O[C@H](COC(=O)CCCCCCCCCCCCCC(C)C)COP(=O)(O)OCC(O)COP(=O)(O)OC[C@@H](COC(=O)CCCCCCCCCCC(C)C)OC(=O)CCCCCCCCC(C)C. The first kappa shape index (κ1) is 94.1. The van der Waals surface area contributed by atoms with Gasteiger partial charge in [0.05, 0.1) is 26.4 Å². The zero-order valence-corrected chi connectivity index (χ0v) is 64.8. The van der Waals surface area contributed by atoms with Crippen molar-refractivity contribution in [2.45, 2.75) is 408 Å². The van der Waals surface area contributed by atoms with Crippen LogP contribution in [0.2, 0.25) is 0 Å². The molecule has 0 heterocycles. The van der Waals surface area contributed by atoms with E-state index in [4.69, 9.17) is 37.0 Å². The van der Waals surface area contributed by atoms with Crippen molar-refractivity contribution in [1.29, 1.82) is 0 Å². The number of phosphoric acid groups is 2. The Balaban J connectivity index is 5.18. The van der Waals surface area contributed by atoms with E-state index in [0.717, 1.165) is 108 Å². The van der Waals surface area contributed by atoms with Crippen LogP contribution in [-0.4, -0.2) is 96.7 Å². The fourth-order valence-electron chi connectivity index (χ4n) is 11.7. The smallest absolute Gasteiger partial charge is 0.462 e. The Bertz CT molecular complexity index is 1890. The highest BCUT2D eigenvalue weighted by atomic mass is 31.2. The third kappa shape index (κ3) is 69.2. The molecule has 0 aromatic carbocycles. The lowest BCUT2D eigenvalue weighted by Crippen LogP contribution is -2.30. The molecule has 0 aliphatic heterocycles. The molecule has 0 aromatic heterocycles. The maximum absolute atomic E-state index is 13.1. The molecule has 0 bridgehead atoms. The summed E-state index contributed by atoms with van der Waals surface area (Å²) in [6.07, 6.45) is 51.7. The Morgan fingerprint density at radius 2 is 0.500 bits per heavy atom. The fraction of sp³-hybridized carbons (Fsp3) is 0.948. The van der Waals surface area contributed by atoms with E-state index in [-0.39, 0.29) is 25.7 Å². The van der Waals surface area contributed by atoms with Gasteiger partial charge in [0.1, 0.15) is 19.3 Å². The summed E-state index contributed by atoms with van der Waals surface area (Å²) in [5.41, 5.74) is 0. The van der Waals surface area contributed by atoms with Crippen molar-refractivity contribution >= 4 is 39.5 Å². The molecule has 0 spiro atoms. The number of aliphatic hydroxyl groups excluding tert-OH is 1. The number of rotatable bonds is 74. The summed E-state index contributed by atoms with van der Waals surface area (Å²) in [6, 6.07) is 0. The standard InChI is InChI=1S/C77H150O17P2/c1-9-70(8)56-48-40-31-24-20-16-14-12-10-11-13-15-17-21-26-34-43-51-59-76(81)93-72(63-87-74(79)57-49-41-32-25-22-18-19-23-29-37-45-53-67(2)3)65-91-95(83,84)89-61-71(78)62-90-96(85,86)92-66-73(94-77(82)60-52-44-36-35-39-47-55-69(6)7)64-88-75(80)58-50-42-33-28-27-30-38-46-54-68(4)5/h67-73,78H,9-66H2,1-8H3,(H,83,84)(H,85,86)/t70?,71?,72-,73-/m1/s1. The number of unbranched alkanes of at least 4 members (excludes halogenated alkanes) is 39. The van der Waals surface area contributed by atoms with Gasteiger partial charge in [0.2, 0.25) is 0 Å². The van der Waals surface area contributed by atoms with Gasteiger partial charge in [-0.05, 0) is 49.4 Å². The maximum Gasteiger partial charge on any atom is 0.472 e. The third-order valence-electron chi connectivity index (χ3n) is 18.2. The molecule has 0 amide bonds. The van der Waals surface area contributed by atoms with Gasteiger partial charge in [-0.25, -0.2) is 9.13 Å². The van der Waals surface area contributed by atoms with E-state index >= 15 is 0 Å². The van der Waals surface area contributed by atoms with Crippen LogP contribution >= 0.6 is 15.6 Å². The van der Waals surface area contributed by atoms with E-state index in [0.29, 0.717) is 31.6 Å². The second-order valence-electron chi connectivity index (χ2n) is 29.4. The summed E-state index contributed by atoms with van der Waals surface area (Å²) in [4.78, 5) is 72.7. The van der Waals surface area contributed by atoms with Gasteiger partial charge in [-0.1, -0.05) is 338 Å². The molecule has 19 heteroatoms. The number of hydrogen-bond donors (Lipinski definition) is 3. The van der Waals surface area contributed by atoms with Gasteiger partial charge in [0, 0.05) is 25.7 Å². The maximum atomic E-state index is 13.1. The predicted molar refractivity (Wildman–Crippen MR) is 391 cm³/mol. The number of carbonyl (C=O) groups excluding carboxylic acids is 4. The van der Waals surface area contributed by atoms with Crippen LogP contribution in [0.15, 0.2) is 0 Å². The highest BCUT2D eigenvalue weighted by Gasteiger charge is 2.30. The number of carbonyl (C=O) groups is 4. The average Bonchev–Trinajstić information content (AvgIpc) is 1.07. The van der Waals surface area contributed by atoms with E-state index in [9.17, 15) is 43.2 Å². The second-order valence-corrected chi connectivity index (χ2v) is 32.3. The van der Waals surface area contributed by atoms with Crippen molar-refractivity contribution in [3.8, 4) is 0 Å². The Morgan fingerprint density at radius 1 is 0.292 bits per heavy atom. The van der Waals surface area contributed by atoms with E-state index in [2.05, 4.69) is 55.4 Å². The molecule has 17 nitrogen and oxygen atoms in total. The molecule has 0 saturated carbocycles. The van der Waals surface area contributed by atoms with Gasteiger partial charge in [-0.2, -0.15) is 0 Å². The number of esters is 4. The topological polar surface area (TPSA) is 237 Å². The van der Waals surface area contributed by atoms with Crippen LogP contribution in [0.25, 0.3) is 0 Å². The molecule has 0 aromatic rings. The van der Waals surface area contributed by atoms with Gasteiger partial charge < -0.3 is 33.8 Å². The van der Waals surface area contributed by atoms with Crippen LogP contribution in [0.3, 0.4) is 0 Å². The van der Waals surface area contributed by atoms with Crippen LogP contribution in [0, 0.1) is 23.7 Å². The fourth-order valence-corrected chi connectivity index (χ4v) is 13.3. The van der Waals surface area contributed by atoms with Crippen molar-refractivity contribution < 1.29 is 80.2 Å². The molecule has 3 N–H and O–H groups in total. The number of aliphatic hydroxyl groups is 1. The van der Waals surface area contributed by atoms with Crippen LogP contribution in [0.5, 0.6) is 0 Å². The minimum Gasteiger partial charge on any atom is -0.462 e. The van der Waals surface area contributed by atoms with E-state index < -0.39 is 97.5 Å². The van der Waals surface area contributed by atoms with Crippen molar-refractivity contribution in [3.63, 3.8) is 0 Å². The summed E-state index contributed by atoms with van der Waals surface area (Å²) in [7, 11) is -9.91. The molecule has 0 fully saturated rings.